The average Bonchev–Trinajstić information content (AvgIpc) is 2.90. The number of carbonyl (C=O) groups excluding carboxylic acids is 1. The maximum absolute atomic E-state index is 12.0. The largest absolute Gasteiger partial charge is 0.497 e. The summed E-state index contributed by atoms with van der Waals surface area (Å²) in [5.74, 6) is 3.38. The van der Waals surface area contributed by atoms with E-state index in [9.17, 15) is 4.79 Å². The number of methoxy groups -OCH3 is 1. The van der Waals surface area contributed by atoms with Crippen LogP contribution in [0.15, 0.2) is 36.4 Å². The average molecular weight is 551 g/mol. The van der Waals surface area contributed by atoms with Crippen molar-refractivity contribution in [2.45, 2.75) is 83.8 Å². The fraction of sp³-hybridized carbons (Fsp3) is 0.545. The highest BCUT2D eigenvalue weighted by Crippen LogP contribution is 2.50. The van der Waals surface area contributed by atoms with E-state index in [-0.39, 0.29) is 17.1 Å². The van der Waals surface area contributed by atoms with Crippen LogP contribution in [0.4, 0.5) is 0 Å². The van der Waals surface area contributed by atoms with Crippen molar-refractivity contribution < 1.29 is 23.7 Å². The van der Waals surface area contributed by atoms with E-state index in [1.54, 1.807) is 7.11 Å². The molecule has 0 radical (unpaired) electrons. The van der Waals surface area contributed by atoms with Gasteiger partial charge in [0.1, 0.15) is 34.2 Å². The smallest absolute Gasteiger partial charge is 0.219 e. The molecule has 7 heteroatoms. The van der Waals surface area contributed by atoms with E-state index < -0.39 is 0 Å². The van der Waals surface area contributed by atoms with Gasteiger partial charge < -0.3 is 29.6 Å². The Morgan fingerprint density at radius 1 is 0.825 bits per heavy atom. The van der Waals surface area contributed by atoms with Crippen LogP contribution in [-0.2, 0) is 4.79 Å². The zero-order chi connectivity index (χ0) is 28.8. The first-order valence-corrected chi connectivity index (χ1v) is 14.6. The van der Waals surface area contributed by atoms with Crippen LogP contribution in [0.1, 0.15) is 83.8 Å². The van der Waals surface area contributed by atoms with Gasteiger partial charge in [0.2, 0.25) is 5.91 Å². The molecule has 2 N–H and O–H groups in total. The molecule has 2 heterocycles. The van der Waals surface area contributed by atoms with Crippen LogP contribution in [0.2, 0.25) is 0 Å². The van der Waals surface area contributed by atoms with Crippen molar-refractivity contribution in [1.82, 2.24) is 10.6 Å². The summed E-state index contributed by atoms with van der Waals surface area (Å²) in [5, 5.41) is 6.12. The number of amides is 1. The van der Waals surface area contributed by atoms with Gasteiger partial charge in [-0.3, -0.25) is 4.79 Å². The van der Waals surface area contributed by atoms with Gasteiger partial charge in [0, 0.05) is 49.1 Å². The summed E-state index contributed by atoms with van der Waals surface area (Å²) < 4.78 is 24.4. The van der Waals surface area contributed by atoms with Gasteiger partial charge in [-0.2, -0.15) is 0 Å². The SMILES string of the molecule is CNCCCCNC(=O)CCCCOc1ccc2c(c1)OC(C)(C)C/C2=C1/CC(C)(C)Oc2cc(OC)ccc21. The van der Waals surface area contributed by atoms with E-state index in [0.29, 0.717) is 13.0 Å². The lowest BCUT2D eigenvalue weighted by Gasteiger charge is -2.39. The van der Waals surface area contributed by atoms with Crippen LogP contribution < -0.4 is 29.6 Å². The highest BCUT2D eigenvalue weighted by Gasteiger charge is 2.37. The van der Waals surface area contributed by atoms with Crippen molar-refractivity contribution >= 4 is 17.1 Å². The third kappa shape index (κ3) is 7.72. The molecule has 2 aliphatic rings. The normalized spacial score (nSPS) is 18.6. The van der Waals surface area contributed by atoms with Crippen molar-refractivity contribution in [3.63, 3.8) is 0 Å². The Hall–Kier alpha value is -3.19. The summed E-state index contributed by atoms with van der Waals surface area (Å²) >= 11 is 0. The number of benzene rings is 2. The Morgan fingerprint density at radius 3 is 2.00 bits per heavy atom. The fourth-order valence-electron chi connectivity index (χ4n) is 5.46. The third-order valence-electron chi connectivity index (χ3n) is 7.38. The molecule has 0 fully saturated rings. The first-order valence-electron chi connectivity index (χ1n) is 14.6. The molecule has 0 aromatic heterocycles. The Labute approximate surface area is 239 Å². The number of carbonyl (C=O) groups is 1. The van der Waals surface area contributed by atoms with Gasteiger partial charge in [0.05, 0.1) is 13.7 Å². The summed E-state index contributed by atoms with van der Waals surface area (Å²) in [4.78, 5) is 12.0. The topological polar surface area (TPSA) is 78.1 Å². The number of hydrogen-bond donors (Lipinski definition) is 2. The summed E-state index contributed by atoms with van der Waals surface area (Å²) in [6.45, 7) is 10.8. The van der Waals surface area contributed by atoms with E-state index >= 15 is 0 Å². The van der Waals surface area contributed by atoms with Crippen molar-refractivity contribution in [3.05, 3.63) is 47.5 Å². The third-order valence-corrected chi connectivity index (χ3v) is 7.38. The summed E-state index contributed by atoms with van der Waals surface area (Å²) in [7, 11) is 3.62. The van der Waals surface area contributed by atoms with Crippen molar-refractivity contribution in [3.8, 4) is 23.0 Å². The van der Waals surface area contributed by atoms with E-state index in [4.69, 9.17) is 18.9 Å². The first kappa shape index (κ1) is 29.8. The molecular formula is C33H46N2O5. The molecule has 2 aliphatic heterocycles. The molecule has 218 valence electrons. The number of ether oxygens (including phenoxy) is 4. The molecule has 4 rings (SSSR count). The van der Waals surface area contributed by atoms with Gasteiger partial charge in [0.15, 0.2) is 0 Å². The number of hydrogen-bond acceptors (Lipinski definition) is 6. The minimum absolute atomic E-state index is 0.116. The maximum atomic E-state index is 12.0. The molecule has 7 nitrogen and oxygen atoms in total. The van der Waals surface area contributed by atoms with E-state index in [2.05, 4.69) is 50.5 Å². The number of rotatable bonds is 12. The lowest BCUT2D eigenvalue weighted by molar-refractivity contribution is -0.121. The Kier molecular flexibility index (Phi) is 9.67. The molecule has 0 saturated carbocycles. The van der Waals surface area contributed by atoms with Crippen LogP contribution in [-0.4, -0.2) is 51.0 Å². The number of nitrogens with one attached hydrogen (secondary N) is 2. The predicted octanol–water partition coefficient (Wildman–Crippen LogP) is 6.39. The van der Waals surface area contributed by atoms with Crippen molar-refractivity contribution in [2.75, 3.05) is 33.9 Å². The standard InChI is InChI=1S/C33H46N2O5/c1-32(2)21-27(25-14-12-23(37-6)19-29(25)39-32)28-22-33(3,4)40-30-20-24(13-15-26(28)30)38-18-10-7-11-31(36)35-17-9-8-16-34-5/h12-15,19-20,34H,7-11,16-18,21-22H2,1-6H3,(H,35,36)/b28-27+. The molecule has 0 saturated heterocycles. The first-order chi connectivity index (χ1) is 19.1. The van der Waals surface area contributed by atoms with Gasteiger partial charge in [-0.15, -0.1) is 0 Å². The van der Waals surface area contributed by atoms with Crippen LogP contribution >= 0.6 is 0 Å². The maximum Gasteiger partial charge on any atom is 0.219 e. The molecule has 0 atom stereocenters. The van der Waals surface area contributed by atoms with Gasteiger partial charge in [0.25, 0.3) is 0 Å². The molecule has 0 unspecified atom stereocenters. The molecular weight excluding hydrogens is 504 g/mol. The Morgan fingerprint density at radius 2 is 1.40 bits per heavy atom. The minimum Gasteiger partial charge on any atom is -0.497 e. The van der Waals surface area contributed by atoms with Gasteiger partial charge in [-0.05, 0) is 102 Å². The van der Waals surface area contributed by atoms with Crippen LogP contribution in [0.25, 0.3) is 11.1 Å². The summed E-state index contributed by atoms with van der Waals surface area (Å²) in [6.07, 6.45) is 5.82. The number of unbranched alkanes of at least 4 members (excludes halogenated alkanes) is 2. The second kappa shape index (κ2) is 13.0. The summed E-state index contributed by atoms with van der Waals surface area (Å²) in [6, 6.07) is 12.2. The second-order valence-corrected chi connectivity index (χ2v) is 12.0. The highest BCUT2D eigenvalue weighted by atomic mass is 16.5. The minimum atomic E-state index is -0.358. The molecule has 1 amide bonds. The second-order valence-electron chi connectivity index (χ2n) is 12.0. The Balaban J connectivity index is 1.44. The molecule has 0 bridgehead atoms. The zero-order valence-electron chi connectivity index (χ0n) is 25.1. The van der Waals surface area contributed by atoms with Crippen molar-refractivity contribution in [1.29, 1.82) is 0 Å². The highest BCUT2D eigenvalue weighted by molar-refractivity contribution is 5.96. The lowest BCUT2D eigenvalue weighted by Crippen LogP contribution is -2.35. The Bertz CT molecular complexity index is 1220. The zero-order valence-corrected chi connectivity index (χ0v) is 25.1. The van der Waals surface area contributed by atoms with E-state index in [1.807, 2.05) is 31.3 Å². The van der Waals surface area contributed by atoms with Crippen molar-refractivity contribution in [2.24, 2.45) is 0 Å². The van der Waals surface area contributed by atoms with E-state index in [1.165, 1.54) is 11.1 Å². The number of fused-ring (bicyclic) bond motifs is 2. The molecule has 2 aromatic rings. The monoisotopic (exact) mass is 550 g/mol. The van der Waals surface area contributed by atoms with E-state index in [0.717, 1.165) is 85.7 Å². The van der Waals surface area contributed by atoms with Gasteiger partial charge in [-0.25, -0.2) is 0 Å². The molecule has 40 heavy (non-hydrogen) atoms. The lowest BCUT2D eigenvalue weighted by atomic mass is 9.79. The van der Waals surface area contributed by atoms with Gasteiger partial charge in [-0.1, -0.05) is 0 Å². The quantitative estimate of drug-likeness (QED) is 0.298. The van der Waals surface area contributed by atoms with Crippen LogP contribution in [0, 0.1) is 0 Å². The van der Waals surface area contributed by atoms with Crippen LogP contribution in [0.3, 0.4) is 0 Å². The molecule has 2 aromatic carbocycles. The van der Waals surface area contributed by atoms with Crippen LogP contribution in [0.5, 0.6) is 23.0 Å². The van der Waals surface area contributed by atoms with Gasteiger partial charge >= 0.3 is 0 Å². The molecule has 0 aliphatic carbocycles. The molecule has 0 spiro atoms. The summed E-state index contributed by atoms with van der Waals surface area (Å²) in [5.41, 5.74) is 4.10. The predicted molar refractivity (Wildman–Crippen MR) is 160 cm³/mol. The fourth-order valence-corrected chi connectivity index (χ4v) is 5.46.